The molecular formula is C23H22ClNO3. The van der Waals surface area contributed by atoms with Crippen molar-refractivity contribution in [2.24, 2.45) is 0 Å². The summed E-state index contributed by atoms with van der Waals surface area (Å²) < 4.78 is 11.8. The highest BCUT2D eigenvalue weighted by molar-refractivity contribution is 6.31. The van der Waals surface area contributed by atoms with Gasteiger partial charge < -0.3 is 14.8 Å². The zero-order valence-corrected chi connectivity index (χ0v) is 16.6. The predicted molar refractivity (Wildman–Crippen MR) is 112 cm³/mol. The Kier molecular flexibility index (Phi) is 6.56. The second-order valence-corrected chi connectivity index (χ2v) is 6.73. The van der Waals surface area contributed by atoms with Crippen LogP contribution in [0.2, 0.25) is 5.02 Å². The van der Waals surface area contributed by atoms with Gasteiger partial charge in [0, 0.05) is 5.02 Å². The minimum Gasteiger partial charge on any atom is -0.481 e. The Balaban J connectivity index is 1.73. The Bertz CT molecular complexity index is 944. The average molecular weight is 396 g/mol. The highest BCUT2D eigenvalue weighted by Crippen LogP contribution is 2.29. The molecule has 0 aliphatic rings. The maximum Gasteiger partial charge on any atom is 0.265 e. The molecule has 0 aliphatic carbocycles. The molecule has 4 nitrogen and oxygen atoms in total. The predicted octanol–water partition coefficient (Wildman–Crippen LogP) is 6.24. The first-order chi connectivity index (χ1) is 13.6. The van der Waals surface area contributed by atoms with Gasteiger partial charge in [0.2, 0.25) is 0 Å². The van der Waals surface area contributed by atoms with E-state index in [0.29, 0.717) is 34.4 Å². The summed E-state index contributed by atoms with van der Waals surface area (Å²) in [7, 11) is 0. The van der Waals surface area contributed by atoms with E-state index < -0.39 is 6.10 Å². The van der Waals surface area contributed by atoms with Crippen LogP contribution in [0.5, 0.6) is 17.2 Å². The number of halogens is 1. The zero-order valence-electron chi connectivity index (χ0n) is 15.8. The molecule has 0 unspecified atom stereocenters. The lowest BCUT2D eigenvalue weighted by Gasteiger charge is -2.19. The summed E-state index contributed by atoms with van der Waals surface area (Å²) in [5.74, 6) is 1.64. The third kappa shape index (κ3) is 5.05. The fourth-order valence-corrected chi connectivity index (χ4v) is 2.78. The number of hydrogen-bond donors (Lipinski definition) is 1. The second-order valence-electron chi connectivity index (χ2n) is 6.33. The topological polar surface area (TPSA) is 47.6 Å². The molecule has 0 spiro atoms. The van der Waals surface area contributed by atoms with Crippen LogP contribution in [0, 0.1) is 6.92 Å². The van der Waals surface area contributed by atoms with Crippen LogP contribution in [0.4, 0.5) is 5.69 Å². The van der Waals surface area contributed by atoms with Gasteiger partial charge in [-0.2, -0.15) is 0 Å². The number of ether oxygens (including phenoxy) is 2. The molecule has 0 saturated heterocycles. The van der Waals surface area contributed by atoms with Crippen LogP contribution >= 0.6 is 11.6 Å². The van der Waals surface area contributed by atoms with E-state index in [1.807, 2.05) is 68.4 Å². The number of carbonyl (C=O) groups excluding carboxylic acids is 1. The summed E-state index contributed by atoms with van der Waals surface area (Å²) in [5.41, 5.74) is 1.49. The Morgan fingerprint density at radius 1 is 1.00 bits per heavy atom. The molecule has 0 saturated carbocycles. The summed E-state index contributed by atoms with van der Waals surface area (Å²) in [6, 6.07) is 22.1. The number of amides is 1. The number of para-hydroxylation sites is 3. The van der Waals surface area contributed by atoms with Gasteiger partial charge in [-0.25, -0.2) is 0 Å². The Labute approximate surface area is 170 Å². The molecule has 1 N–H and O–H groups in total. The van der Waals surface area contributed by atoms with Crippen molar-refractivity contribution in [1.29, 1.82) is 0 Å². The van der Waals surface area contributed by atoms with Gasteiger partial charge in [0.1, 0.15) is 11.5 Å². The number of anilines is 1. The molecule has 3 aromatic carbocycles. The van der Waals surface area contributed by atoms with Crippen molar-refractivity contribution in [3.63, 3.8) is 0 Å². The molecule has 3 aromatic rings. The molecule has 0 bridgehead atoms. The Morgan fingerprint density at radius 2 is 1.71 bits per heavy atom. The molecule has 0 radical (unpaired) electrons. The highest BCUT2D eigenvalue weighted by Gasteiger charge is 2.20. The zero-order chi connectivity index (χ0) is 19.9. The van der Waals surface area contributed by atoms with Crippen molar-refractivity contribution in [2.45, 2.75) is 26.4 Å². The molecule has 3 rings (SSSR count). The first-order valence-corrected chi connectivity index (χ1v) is 9.50. The van der Waals surface area contributed by atoms with Crippen LogP contribution in [-0.4, -0.2) is 12.0 Å². The fraction of sp³-hybridized carbons (Fsp3) is 0.174. The molecule has 1 atom stereocenters. The van der Waals surface area contributed by atoms with Crippen LogP contribution in [-0.2, 0) is 4.79 Å². The lowest BCUT2D eigenvalue weighted by atomic mass is 10.2. The summed E-state index contributed by atoms with van der Waals surface area (Å²) in [4.78, 5) is 12.8. The molecule has 5 heteroatoms. The lowest BCUT2D eigenvalue weighted by molar-refractivity contribution is -0.122. The maximum absolute atomic E-state index is 12.8. The number of nitrogens with one attached hydrogen (secondary N) is 1. The molecule has 0 fully saturated rings. The molecule has 0 heterocycles. The number of rotatable bonds is 7. The van der Waals surface area contributed by atoms with Crippen LogP contribution in [0.15, 0.2) is 72.8 Å². The van der Waals surface area contributed by atoms with Crippen molar-refractivity contribution in [1.82, 2.24) is 0 Å². The molecular weight excluding hydrogens is 374 g/mol. The van der Waals surface area contributed by atoms with Crippen molar-refractivity contribution in [2.75, 3.05) is 5.32 Å². The van der Waals surface area contributed by atoms with E-state index in [-0.39, 0.29) is 5.91 Å². The third-order valence-corrected chi connectivity index (χ3v) is 4.61. The standard InChI is InChI=1S/C23H22ClNO3/c1-3-21(28-18-13-14-19(24)16(2)15-18)23(26)25-20-11-7-8-12-22(20)27-17-9-5-4-6-10-17/h4-15,21H,3H2,1-2H3,(H,25,26)/t21-/m1/s1. The van der Waals surface area contributed by atoms with Crippen molar-refractivity contribution < 1.29 is 14.3 Å². The van der Waals surface area contributed by atoms with Crippen LogP contribution in [0.25, 0.3) is 0 Å². The van der Waals surface area contributed by atoms with Crippen LogP contribution < -0.4 is 14.8 Å². The minimum atomic E-state index is -0.634. The summed E-state index contributed by atoms with van der Waals surface area (Å²) in [6.45, 7) is 3.80. The lowest BCUT2D eigenvalue weighted by Crippen LogP contribution is -2.32. The van der Waals surface area contributed by atoms with Crippen molar-refractivity contribution >= 4 is 23.2 Å². The molecule has 1 amide bonds. The molecule has 0 aromatic heterocycles. The van der Waals surface area contributed by atoms with E-state index in [4.69, 9.17) is 21.1 Å². The SMILES string of the molecule is CC[C@@H](Oc1ccc(Cl)c(C)c1)C(=O)Nc1ccccc1Oc1ccccc1. The maximum atomic E-state index is 12.8. The summed E-state index contributed by atoms with van der Waals surface area (Å²) in [6.07, 6.45) is -0.111. The van der Waals surface area contributed by atoms with Gasteiger partial charge in [-0.05, 0) is 61.4 Å². The smallest absolute Gasteiger partial charge is 0.265 e. The van der Waals surface area contributed by atoms with E-state index in [2.05, 4.69) is 5.32 Å². The number of hydrogen-bond acceptors (Lipinski definition) is 3. The summed E-state index contributed by atoms with van der Waals surface area (Å²) >= 11 is 6.06. The molecule has 28 heavy (non-hydrogen) atoms. The van der Waals surface area contributed by atoms with Crippen molar-refractivity contribution in [3.8, 4) is 17.2 Å². The van der Waals surface area contributed by atoms with Gasteiger partial charge in [-0.1, -0.05) is 48.9 Å². The van der Waals surface area contributed by atoms with Gasteiger partial charge in [0.05, 0.1) is 5.69 Å². The van der Waals surface area contributed by atoms with Gasteiger partial charge in [0.25, 0.3) is 5.91 Å². The Hall–Kier alpha value is -2.98. The molecule has 0 aliphatic heterocycles. The number of aryl methyl sites for hydroxylation is 1. The average Bonchev–Trinajstić information content (AvgIpc) is 2.71. The van der Waals surface area contributed by atoms with E-state index in [1.165, 1.54) is 0 Å². The van der Waals surface area contributed by atoms with E-state index in [9.17, 15) is 4.79 Å². The largest absolute Gasteiger partial charge is 0.481 e. The minimum absolute atomic E-state index is 0.237. The van der Waals surface area contributed by atoms with Crippen LogP contribution in [0.3, 0.4) is 0 Å². The van der Waals surface area contributed by atoms with E-state index in [0.717, 1.165) is 5.56 Å². The third-order valence-electron chi connectivity index (χ3n) is 4.19. The van der Waals surface area contributed by atoms with Gasteiger partial charge >= 0.3 is 0 Å². The van der Waals surface area contributed by atoms with Gasteiger partial charge in [0.15, 0.2) is 11.9 Å². The van der Waals surface area contributed by atoms with E-state index in [1.54, 1.807) is 18.2 Å². The van der Waals surface area contributed by atoms with Crippen molar-refractivity contribution in [3.05, 3.63) is 83.4 Å². The first kappa shape index (κ1) is 19.8. The monoisotopic (exact) mass is 395 g/mol. The Morgan fingerprint density at radius 3 is 2.43 bits per heavy atom. The van der Waals surface area contributed by atoms with Gasteiger partial charge in [-0.15, -0.1) is 0 Å². The van der Waals surface area contributed by atoms with Crippen LogP contribution in [0.1, 0.15) is 18.9 Å². The number of benzene rings is 3. The quantitative estimate of drug-likeness (QED) is 0.515. The summed E-state index contributed by atoms with van der Waals surface area (Å²) in [5, 5.41) is 3.58. The number of carbonyl (C=O) groups is 1. The van der Waals surface area contributed by atoms with Gasteiger partial charge in [-0.3, -0.25) is 4.79 Å². The first-order valence-electron chi connectivity index (χ1n) is 9.12. The fourth-order valence-electron chi connectivity index (χ4n) is 2.66. The second kappa shape index (κ2) is 9.29. The van der Waals surface area contributed by atoms with E-state index >= 15 is 0 Å². The molecule has 144 valence electrons. The normalized spacial score (nSPS) is 11.5. The highest BCUT2D eigenvalue weighted by atomic mass is 35.5.